The fraction of sp³-hybridized carbons (Fsp3) is 0.526. The lowest BCUT2D eigenvalue weighted by molar-refractivity contribution is -0.121. The van der Waals surface area contributed by atoms with Gasteiger partial charge in [0.2, 0.25) is 11.9 Å². The molecule has 2 aromatic rings. The van der Waals surface area contributed by atoms with Crippen molar-refractivity contribution in [3.8, 4) is 17.2 Å². The molecule has 0 aliphatic carbocycles. The molecular weight excluding hydrogens is 388 g/mol. The Balaban J connectivity index is 1.75. The molecule has 0 radical (unpaired) electrons. The third-order valence-corrected chi connectivity index (χ3v) is 5.22. The largest absolute Gasteiger partial charge is 0.357 e. The van der Waals surface area contributed by atoms with Crippen LogP contribution in [0.1, 0.15) is 20.3 Å². The van der Waals surface area contributed by atoms with Crippen LogP contribution in [0.2, 0.25) is 0 Å². The highest BCUT2D eigenvalue weighted by Gasteiger charge is 2.22. The van der Waals surface area contributed by atoms with Crippen LogP contribution in [-0.2, 0) is 4.79 Å². The quantitative estimate of drug-likeness (QED) is 0.556. The van der Waals surface area contributed by atoms with E-state index in [2.05, 4.69) is 49.0 Å². The highest BCUT2D eigenvalue weighted by atomic mass is 32.1. The van der Waals surface area contributed by atoms with Gasteiger partial charge in [-0.15, -0.1) is 0 Å². The van der Waals surface area contributed by atoms with Crippen LogP contribution in [-0.4, -0.2) is 59.0 Å². The molecule has 3 rings (SSSR count). The van der Waals surface area contributed by atoms with E-state index in [1.54, 1.807) is 12.4 Å². The highest BCUT2D eigenvalue weighted by molar-refractivity contribution is 7.04. The Bertz CT molecular complexity index is 839. The molecule has 2 aromatic heterocycles. The molecule has 0 spiro atoms. The standard InChI is InChI=1S/C19H26N8OS/c1-13(2)9-16(18(28)22-4-3-20)25-17-15(12-29-26-17)14-10-23-19(24-11-14)27-7-5-21-6-8-27/h10-13,16,21H,4-9H2,1-2H3,(H,22,28)(H,25,26)/t16-/m0/s1. The molecule has 1 aliphatic rings. The molecule has 0 aromatic carbocycles. The van der Waals surface area contributed by atoms with Crippen LogP contribution in [0.3, 0.4) is 0 Å². The van der Waals surface area contributed by atoms with Gasteiger partial charge in [-0.3, -0.25) is 4.79 Å². The Labute approximate surface area is 174 Å². The van der Waals surface area contributed by atoms with E-state index in [1.807, 2.05) is 11.4 Å². The first-order valence-electron chi connectivity index (χ1n) is 9.72. The lowest BCUT2D eigenvalue weighted by Gasteiger charge is -2.27. The average molecular weight is 415 g/mol. The van der Waals surface area contributed by atoms with E-state index in [0.29, 0.717) is 18.2 Å². The topological polar surface area (TPSA) is 119 Å². The van der Waals surface area contributed by atoms with E-state index >= 15 is 0 Å². The van der Waals surface area contributed by atoms with E-state index in [4.69, 9.17) is 5.26 Å². The van der Waals surface area contributed by atoms with E-state index in [9.17, 15) is 4.79 Å². The number of hydrogen-bond donors (Lipinski definition) is 3. The van der Waals surface area contributed by atoms with Crippen molar-refractivity contribution in [1.82, 2.24) is 25.0 Å². The van der Waals surface area contributed by atoms with Crippen LogP contribution in [0.25, 0.3) is 11.1 Å². The van der Waals surface area contributed by atoms with E-state index in [-0.39, 0.29) is 12.5 Å². The molecule has 0 unspecified atom stereocenters. The summed E-state index contributed by atoms with van der Waals surface area (Å²) >= 11 is 1.31. The monoisotopic (exact) mass is 414 g/mol. The van der Waals surface area contributed by atoms with Crippen LogP contribution in [0.15, 0.2) is 17.8 Å². The molecule has 154 valence electrons. The van der Waals surface area contributed by atoms with Gasteiger partial charge in [0.25, 0.3) is 0 Å². The van der Waals surface area contributed by atoms with Gasteiger partial charge in [-0.05, 0) is 23.9 Å². The Morgan fingerprint density at radius 1 is 1.34 bits per heavy atom. The molecule has 1 amide bonds. The van der Waals surface area contributed by atoms with Crippen LogP contribution in [0, 0.1) is 17.2 Å². The number of nitrogens with zero attached hydrogens (tertiary/aromatic N) is 5. The summed E-state index contributed by atoms with van der Waals surface area (Å²) in [7, 11) is 0. The van der Waals surface area contributed by atoms with Crippen LogP contribution in [0.4, 0.5) is 11.8 Å². The molecule has 0 bridgehead atoms. The summed E-state index contributed by atoms with van der Waals surface area (Å²) in [5, 5.41) is 19.8. The van der Waals surface area contributed by atoms with E-state index < -0.39 is 6.04 Å². The van der Waals surface area contributed by atoms with Gasteiger partial charge in [0, 0.05) is 55.1 Å². The summed E-state index contributed by atoms with van der Waals surface area (Å²) < 4.78 is 4.43. The second-order valence-corrected chi connectivity index (χ2v) is 7.92. The van der Waals surface area contributed by atoms with Crippen LogP contribution >= 0.6 is 11.5 Å². The molecule has 29 heavy (non-hydrogen) atoms. The van der Waals surface area contributed by atoms with Crippen molar-refractivity contribution in [3.63, 3.8) is 0 Å². The zero-order chi connectivity index (χ0) is 20.6. The minimum Gasteiger partial charge on any atom is -0.357 e. The van der Waals surface area contributed by atoms with Crippen molar-refractivity contribution >= 4 is 29.2 Å². The maximum absolute atomic E-state index is 12.4. The Hall–Kier alpha value is -2.77. The number of piperazine rings is 1. The molecule has 3 heterocycles. The van der Waals surface area contributed by atoms with Crippen LogP contribution < -0.4 is 20.9 Å². The third kappa shape index (κ3) is 5.62. The molecule has 9 nitrogen and oxygen atoms in total. The summed E-state index contributed by atoms with van der Waals surface area (Å²) in [4.78, 5) is 23.7. The number of nitriles is 1. The second-order valence-electron chi connectivity index (χ2n) is 7.29. The summed E-state index contributed by atoms with van der Waals surface area (Å²) in [6, 6.07) is 1.47. The van der Waals surface area contributed by atoms with Crippen LogP contribution in [0.5, 0.6) is 0 Å². The predicted octanol–water partition coefficient (Wildman–Crippen LogP) is 1.48. The smallest absolute Gasteiger partial charge is 0.243 e. The molecule has 1 aliphatic heterocycles. The first kappa shape index (κ1) is 21.0. The molecule has 1 saturated heterocycles. The van der Waals surface area contributed by atoms with Crippen molar-refractivity contribution in [2.45, 2.75) is 26.3 Å². The van der Waals surface area contributed by atoms with Crippen molar-refractivity contribution in [1.29, 1.82) is 5.26 Å². The summed E-state index contributed by atoms with van der Waals surface area (Å²) in [6.45, 7) is 7.73. The molecule has 1 fully saturated rings. The third-order valence-electron chi connectivity index (χ3n) is 4.59. The normalized spacial score (nSPS) is 15.0. The fourth-order valence-corrected chi connectivity index (χ4v) is 3.81. The van der Waals surface area contributed by atoms with Gasteiger partial charge in [0.1, 0.15) is 18.4 Å². The number of aromatic nitrogens is 3. The number of anilines is 2. The Morgan fingerprint density at radius 2 is 2.07 bits per heavy atom. The molecule has 10 heteroatoms. The molecule has 0 saturated carbocycles. The number of carbonyl (C=O) groups excluding carboxylic acids is 1. The van der Waals surface area contributed by atoms with Crippen molar-refractivity contribution < 1.29 is 4.79 Å². The SMILES string of the molecule is CC(C)C[C@H](Nc1nscc1-c1cnc(N2CCNCC2)nc1)C(=O)NCC#N. The van der Waals surface area contributed by atoms with Gasteiger partial charge in [-0.1, -0.05) is 13.8 Å². The van der Waals surface area contributed by atoms with Gasteiger partial charge in [0.05, 0.1) is 6.07 Å². The first-order chi connectivity index (χ1) is 14.1. The van der Waals surface area contributed by atoms with E-state index in [1.165, 1.54) is 11.5 Å². The zero-order valence-electron chi connectivity index (χ0n) is 16.7. The lowest BCUT2D eigenvalue weighted by Crippen LogP contribution is -2.44. The van der Waals surface area contributed by atoms with Gasteiger partial charge >= 0.3 is 0 Å². The Kier molecular flexibility index (Phi) is 7.32. The maximum atomic E-state index is 12.4. The minimum absolute atomic E-state index is 0.0135. The summed E-state index contributed by atoms with van der Waals surface area (Å²) in [5.41, 5.74) is 1.71. The summed E-state index contributed by atoms with van der Waals surface area (Å²) in [5.74, 6) is 1.46. The van der Waals surface area contributed by atoms with Crippen molar-refractivity contribution in [2.75, 3.05) is 42.9 Å². The van der Waals surface area contributed by atoms with Crippen molar-refractivity contribution in [2.24, 2.45) is 5.92 Å². The molecule has 3 N–H and O–H groups in total. The zero-order valence-corrected chi connectivity index (χ0v) is 17.5. The predicted molar refractivity (Wildman–Crippen MR) is 114 cm³/mol. The van der Waals surface area contributed by atoms with Crippen molar-refractivity contribution in [3.05, 3.63) is 17.8 Å². The minimum atomic E-state index is -0.467. The van der Waals surface area contributed by atoms with Gasteiger partial charge in [-0.25, -0.2) is 9.97 Å². The Morgan fingerprint density at radius 3 is 2.72 bits per heavy atom. The van der Waals surface area contributed by atoms with Gasteiger partial charge in [-0.2, -0.15) is 9.64 Å². The number of nitrogens with one attached hydrogen (secondary N) is 3. The second kappa shape index (κ2) is 10.1. The maximum Gasteiger partial charge on any atom is 0.243 e. The number of hydrogen-bond acceptors (Lipinski definition) is 9. The number of carbonyl (C=O) groups is 1. The number of rotatable bonds is 8. The first-order valence-corrected chi connectivity index (χ1v) is 10.6. The molecule has 1 atom stereocenters. The fourth-order valence-electron chi connectivity index (χ4n) is 3.15. The lowest BCUT2D eigenvalue weighted by atomic mass is 10.0. The van der Waals surface area contributed by atoms with E-state index in [0.717, 1.165) is 43.3 Å². The van der Waals surface area contributed by atoms with Gasteiger partial charge < -0.3 is 20.9 Å². The molecular formula is C19H26N8OS. The number of amides is 1. The summed E-state index contributed by atoms with van der Waals surface area (Å²) in [6.07, 6.45) is 4.23. The average Bonchev–Trinajstić information content (AvgIpc) is 3.20. The highest BCUT2D eigenvalue weighted by Crippen LogP contribution is 2.29. The van der Waals surface area contributed by atoms with Gasteiger partial charge in [0.15, 0.2) is 0 Å².